The number of hydrogen-bond acceptors (Lipinski definition) is 2. The highest BCUT2D eigenvalue weighted by molar-refractivity contribution is 5.76. The lowest BCUT2D eigenvalue weighted by atomic mass is 10.2. The van der Waals surface area contributed by atoms with E-state index >= 15 is 0 Å². The summed E-state index contributed by atoms with van der Waals surface area (Å²) in [5.41, 5.74) is -0.0867. The molecule has 0 unspecified atom stereocenters. The second kappa shape index (κ2) is 4.54. The van der Waals surface area contributed by atoms with Crippen molar-refractivity contribution in [2.75, 3.05) is 13.3 Å². The van der Waals surface area contributed by atoms with Gasteiger partial charge < -0.3 is 4.74 Å². The van der Waals surface area contributed by atoms with Gasteiger partial charge >= 0.3 is 0 Å². The van der Waals surface area contributed by atoms with E-state index in [1.165, 1.54) is 18.2 Å². The van der Waals surface area contributed by atoms with Gasteiger partial charge in [-0.05, 0) is 12.1 Å². The second-order valence-corrected chi connectivity index (χ2v) is 2.31. The Labute approximate surface area is 74.1 Å². The summed E-state index contributed by atoms with van der Waals surface area (Å²) in [5, 5.41) is 0. The second-order valence-electron chi connectivity index (χ2n) is 2.31. The number of aldehydes is 1. The van der Waals surface area contributed by atoms with Crippen LogP contribution in [-0.4, -0.2) is 19.6 Å². The van der Waals surface area contributed by atoms with Gasteiger partial charge in [-0.15, -0.1) is 0 Å². The molecule has 0 aromatic heterocycles. The molecule has 1 aromatic rings. The fourth-order valence-electron chi connectivity index (χ4n) is 0.879. The van der Waals surface area contributed by atoms with E-state index in [0.717, 1.165) is 0 Å². The summed E-state index contributed by atoms with van der Waals surface area (Å²) in [6.45, 7) is -0.899. The molecule has 0 N–H and O–H groups in total. The van der Waals surface area contributed by atoms with E-state index in [2.05, 4.69) is 0 Å². The molecule has 0 saturated heterocycles. The van der Waals surface area contributed by atoms with Crippen molar-refractivity contribution in [1.29, 1.82) is 0 Å². The molecule has 70 valence electrons. The minimum absolute atomic E-state index is 0.0867. The van der Waals surface area contributed by atoms with Crippen LogP contribution in [0.3, 0.4) is 0 Å². The molecule has 0 atom stereocenters. The summed E-state index contributed by atoms with van der Waals surface area (Å²) in [4.78, 5) is 10.3. The topological polar surface area (TPSA) is 26.3 Å². The molecule has 0 radical (unpaired) electrons. The predicted molar refractivity (Wildman–Crippen MR) is 43.3 cm³/mol. The number of ether oxygens (including phenoxy) is 1. The van der Waals surface area contributed by atoms with Gasteiger partial charge in [-0.25, -0.2) is 8.78 Å². The molecule has 0 aliphatic carbocycles. The van der Waals surface area contributed by atoms with Crippen LogP contribution >= 0.6 is 0 Å². The van der Waals surface area contributed by atoms with Crippen molar-refractivity contribution >= 4 is 6.29 Å². The first-order valence-corrected chi connectivity index (χ1v) is 3.72. The minimum atomic E-state index is -0.744. The van der Waals surface area contributed by atoms with E-state index in [1.807, 2.05) is 0 Å². The van der Waals surface area contributed by atoms with Crippen LogP contribution in [0.4, 0.5) is 8.78 Å². The average Bonchev–Trinajstić information content (AvgIpc) is 2.16. The number of halogens is 2. The monoisotopic (exact) mass is 186 g/mol. The number of rotatable bonds is 4. The van der Waals surface area contributed by atoms with E-state index < -0.39 is 12.5 Å². The van der Waals surface area contributed by atoms with Gasteiger partial charge in [-0.3, -0.25) is 4.79 Å². The zero-order valence-corrected chi connectivity index (χ0v) is 6.80. The maximum Gasteiger partial charge on any atom is 0.175 e. The standard InChI is InChI=1S/C9H8F2O2/c10-4-5-13-8-3-1-2-7(6-12)9(8)11/h1-3,6H,4-5H2. The van der Waals surface area contributed by atoms with Crippen molar-refractivity contribution in [3.8, 4) is 5.75 Å². The van der Waals surface area contributed by atoms with Crippen LogP contribution in [0.2, 0.25) is 0 Å². The average molecular weight is 186 g/mol. The van der Waals surface area contributed by atoms with Crippen LogP contribution < -0.4 is 4.74 Å². The Morgan fingerprint density at radius 2 is 2.23 bits per heavy atom. The van der Waals surface area contributed by atoms with Gasteiger partial charge in [0.15, 0.2) is 17.9 Å². The van der Waals surface area contributed by atoms with Gasteiger partial charge in [0.1, 0.15) is 13.3 Å². The van der Waals surface area contributed by atoms with Crippen molar-refractivity contribution < 1.29 is 18.3 Å². The molecule has 0 fully saturated rings. The number of carbonyl (C=O) groups is 1. The van der Waals surface area contributed by atoms with Gasteiger partial charge in [-0.2, -0.15) is 0 Å². The Kier molecular flexibility index (Phi) is 3.37. The first-order valence-electron chi connectivity index (χ1n) is 3.72. The molecule has 0 saturated carbocycles. The first-order chi connectivity index (χ1) is 6.29. The summed E-state index contributed by atoms with van der Waals surface area (Å²) < 4.78 is 29.5. The summed E-state index contributed by atoms with van der Waals surface area (Å²) in [7, 11) is 0. The van der Waals surface area contributed by atoms with Crippen LogP contribution in [0.1, 0.15) is 10.4 Å². The quantitative estimate of drug-likeness (QED) is 0.672. The molecule has 0 amide bonds. The fourth-order valence-corrected chi connectivity index (χ4v) is 0.879. The highest BCUT2D eigenvalue weighted by Crippen LogP contribution is 2.18. The van der Waals surface area contributed by atoms with Gasteiger partial charge in [0.2, 0.25) is 0 Å². The van der Waals surface area contributed by atoms with Crippen molar-refractivity contribution in [1.82, 2.24) is 0 Å². The Balaban J connectivity index is 2.87. The van der Waals surface area contributed by atoms with Gasteiger partial charge in [-0.1, -0.05) is 6.07 Å². The molecule has 1 rings (SSSR count). The third kappa shape index (κ3) is 2.24. The molecule has 0 heterocycles. The van der Waals surface area contributed by atoms with E-state index in [9.17, 15) is 13.6 Å². The lowest BCUT2D eigenvalue weighted by molar-refractivity contribution is 0.111. The Hall–Kier alpha value is -1.45. The third-order valence-corrected chi connectivity index (χ3v) is 1.45. The smallest absolute Gasteiger partial charge is 0.175 e. The van der Waals surface area contributed by atoms with Crippen molar-refractivity contribution in [2.45, 2.75) is 0 Å². The maximum absolute atomic E-state index is 13.1. The van der Waals surface area contributed by atoms with Crippen molar-refractivity contribution in [3.05, 3.63) is 29.6 Å². The van der Waals surface area contributed by atoms with Gasteiger partial charge in [0.05, 0.1) is 5.56 Å². The Morgan fingerprint density at radius 3 is 2.85 bits per heavy atom. The third-order valence-electron chi connectivity index (χ3n) is 1.45. The van der Waals surface area contributed by atoms with E-state index in [-0.39, 0.29) is 17.9 Å². The van der Waals surface area contributed by atoms with Crippen molar-refractivity contribution in [2.24, 2.45) is 0 Å². The largest absolute Gasteiger partial charge is 0.488 e. The number of benzene rings is 1. The Bertz CT molecular complexity index is 300. The summed E-state index contributed by atoms with van der Waals surface area (Å²) in [6, 6.07) is 4.14. The number of carbonyl (C=O) groups excluding carboxylic acids is 1. The molecule has 13 heavy (non-hydrogen) atoms. The van der Waals surface area contributed by atoms with E-state index in [0.29, 0.717) is 6.29 Å². The Morgan fingerprint density at radius 1 is 1.46 bits per heavy atom. The molecule has 0 spiro atoms. The highest BCUT2D eigenvalue weighted by atomic mass is 19.1. The van der Waals surface area contributed by atoms with Crippen LogP contribution in [0.15, 0.2) is 18.2 Å². The molecule has 1 aromatic carbocycles. The highest BCUT2D eigenvalue weighted by Gasteiger charge is 2.07. The molecule has 4 heteroatoms. The number of alkyl halides is 1. The normalized spacial score (nSPS) is 9.69. The molecule has 0 aliphatic rings. The lowest BCUT2D eigenvalue weighted by Gasteiger charge is -2.05. The summed E-state index contributed by atoms with van der Waals surface area (Å²) >= 11 is 0. The maximum atomic E-state index is 13.1. The predicted octanol–water partition coefficient (Wildman–Crippen LogP) is 1.99. The van der Waals surface area contributed by atoms with Crippen LogP contribution in [0, 0.1) is 5.82 Å². The molecule has 0 aliphatic heterocycles. The number of hydrogen-bond donors (Lipinski definition) is 0. The zero-order chi connectivity index (χ0) is 9.68. The van der Waals surface area contributed by atoms with Gasteiger partial charge in [0.25, 0.3) is 0 Å². The van der Waals surface area contributed by atoms with Crippen molar-refractivity contribution in [3.63, 3.8) is 0 Å². The summed E-state index contributed by atoms with van der Waals surface area (Å²) in [6.07, 6.45) is 0.387. The van der Waals surface area contributed by atoms with Gasteiger partial charge in [0, 0.05) is 0 Å². The molecular weight excluding hydrogens is 178 g/mol. The first kappa shape index (κ1) is 9.64. The van der Waals surface area contributed by atoms with E-state index in [1.54, 1.807) is 0 Å². The zero-order valence-electron chi connectivity index (χ0n) is 6.80. The molecule has 2 nitrogen and oxygen atoms in total. The van der Waals surface area contributed by atoms with Crippen LogP contribution in [-0.2, 0) is 0 Å². The summed E-state index contributed by atoms with van der Waals surface area (Å²) in [5.74, 6) is -0.840. The lowest BCUT2D eigenvalue weighted by Crippen LogP contribution is -2.01. The SMILES string of the molecule is O=Cc1cccc(OCCF)c1F. The van der Waals surface area contributed by atoms with Crippen LogP contribution in [0.5, 0.6) is 5.75 Å². The molecule has 0 bridgehead atoms. The van der Waals surface area contributed by atoms with E-state index in [4.69, 9.17) is 4.74 Å². The fraction of sp³-hybridized carbons (Fsp3) is 0.222. The minimum Gasteiger partial charge on any atom is -0.488 e. The van der Waals surface area contributed by atoms with Crippen LogP contribution in [0.25, 0.3) is 0 Å². The molecular formula is C9H8F2O2.